The van der Waals surface area contributed by atoms with Crippen LogP contribution in [0.3, 0.4) is 0 Å². The third-order valence-electron chi connectivity index (χ3n) is 2.14. The Morgan fingerprint density at radius 1 is 0.833 bits per heavy atom. The van der Waals surface area contributed by atoms with Gasteiger partial charge in [-0.1, -0.05) is 24.3 Å². The van der Waals surface area contributed by atoms with Crippen LogP contribution in [0.25, 0.3) is 0 Å². The third-order valence-corrected chi connectivity index (χ3v) is 2.97. The molecule has 0 saturated carbocycles. The van der Waals surface area contributed by atoms with Crippen molar-refractivity contribution in [3.8, 4) is 0 Å². The first kappa shape index (κ1) is 12.4. The van der Waals surface area contributed by atoms with Crippen molar-refractivity contribution in [1.82, 2.24) is 0 Å². The maximum Gasteiger partial charge on any atom is 0.124 e. The SMILES string of the molecule is O=S(=O)([O-])c1cccc(N=Nc2ccccc2)c1. The zero-order chi connectivity index (χ0) is 13.0. The van der Waals surface area contributed by atoms with Gasteiger partial charge in [0.05, 0.1) is 16.3 Å². The fourth-order valence-corrected chi connectivity index (χ4v) is 1.82. The summed E-state index contributed by atoms with van der Waals surface area (Å²) in [6.07, 6.45) is 0. The first-order valence-corrected chi connectivity index (χ1v) is 6.49. The average molecular weight is 261 g/mol. The van der Waals surface area contributed by atoms with Gasteiger partial charge >= 0.3 is 0 Å². The van der Waals surface area contributed by atoms with E-state index in [2.05, 4.69) is 10.2 Å². The van der Waals surface area contributed by atoms with Crippen molar-refractivity contribution in [3.05, 3.63) is 54.6 Å². The summed E-state index contributed by atoms with van der Waals surface area (Å²) in [4.78, 5) is -0.313. The van der Waals surface area contributed by atoms with Gasteiger partial charge in [-0.25, -0.2) is 8.42 Å². The van der Waals surface area contributed by atoms with Crippen LogP contribution >= 0.6 is 0 Å². The lowest BCUT2D eigenvalue weighted by Gasteiger charge is -2.06. The summed E-state index contributed by atoms with van der Waals surface area (Å²) in [7, 11) is -4.46. The molecule has 0 spiro atoms. The zero-order valence-corrected chi connectivity index (χ0v) is 10.0. The molecule has 92 valence electrons. The van der Waals surface area contributed by atoms with E-state index >= 15 is 0 Å². The zero-order valence-electron chi connectivity index (χ0n) is 9.22. The second-order valence-corrected chi connectivity index (χ2v) is 4.87. The highest BCUT2D eigenvalue weighted by Crippen LogP contribution is 2.20. The summed E-state index contributed by atoms with van der Waals surface area (Å²) in [5.74, 6) is 0. The Labute approximate surface area is 105 Å². The van der Waals surface area contributed by atoms with Crippen LogP contribution in [-0.2, 0) is 10.1 Å². The van der Waals surface area contributed by atoms with Crippen LogP contribution in [0.4, 0.5) is 11.4 Å². The van der Waals surface area contributed by atoms with E-state index in [1.807, 2.05) is 18.2 Å². The summed E-state index contributed by atoms with van der Waals surface area (Å²) < 4.78 is 32.5. The maximum atomic E-state index is 10.8. The van der Waals surface area contributed by atoms with Crippen molar-refractivity contribution in [2.45, 2.75) is 4.90 Å². The monoisotopic (exact) mass is 261 g/mol. The third kappa shape index (κ3) is 3.22. The van der Waals surface area contributed by atoms with E-state index in [9.17, 15) is 13.0 Å². The normalized spacial score (nSPS) is 11.8. The highest BCUT2D eigenvalue weighted by Gasteiger charge is 2.01. The van der Waals surface area contributed by atoms with Crippen LogP contribution in [0.1, 0.15) is 0 Å². The van der Waals surface area contributed by atoms with E-state index in [-0.39, 0.29) is 4.90 Å². The Balaban J connectivity index is 2.28. The number of nitrogens with zero attached hydrogens (tertiary/aromatic N) is 2. The molecule has 5 nitrogen and oxygen atoms in total. The maximum absolute atomic E-state index is 10.8. The van der Waals surface area contributed by atoms with Crippen LogP contribution in [-0.4, -0.2) is 13.0 Å². The molecular weight excluding hydrogens is 252 g/mol. The van der Waals surface area contributed by atoms with Crippen molar-refractivity contribution in [2.24, 2.45) is 10.2 Å². The average Bonchev–Trinajstić information content (AvgIpc) is 2.37. The molecule has 0 aliphatic heterocycles. The molecule has 6 heteroatoms. The number of hydrogen-bond acceptors (Lipinski definition) is 5. The van der Waals surface area contributed by atoms with Gasteiger partial charge in [0.15, 0.2) is 0 Å². The molecule has 2 aromatic rings. The van der Waals surface area contributed by atoms with Crippen molar-refractivity contribution >= 4 is 21.5 Å². The van der Waals surface area contributed by atoms with Crippen LogP contribution < -0.4 is 0 Å². The van der Waals surface area contributed by atoms with Crippen molar-refractivity contribution in [1.29, 1.82) is 0 Å². The molecule has 0 aliphatic carbocycles. The van der Waals surface area contributed by atoms with Gasteiger partial charge in [-0.3, -0.25) is 0 Å². The molecular formula is C12H9N2O3S-. The summed E-state index contributed by atoms with van der Waals surface area (Å²) in [6, 6.07) is 14.4. The minimum absolute atomic E-state index is 0.313. The molecule has 0 aliphatic rings. The van der Waals surface area contributed by atoms with Gasteiger partial charge in [0.1, 0.15) is 10.1 Å². The van der Waals surface area contributed by atoms with Crippen molar-refractivity contribution < 1.29 is 13.0 Å². The lowest BCUT2D eigenvalue weighted by atomic mass is 10.3. The van der Waals surface area contributed by atoms with E-state index in [0.717, 1.165) is 0 Å². The van der Waals surface area contributed by atoms with Crippen LogP contribution in [0.15, 0.2) is 69.7 Å². The quantitative estimate of drug-likeness (QED) is 0.629. The molecule has 0 heterocycles. The van der Waals surface area contributed by atoms with Crippen LogP contribution in [0.2, 0.25) is 0 Å². The van der Waals surface area contributed by atoms with Crippen LogP contribution in [0, 0.1) is 0 Å². The smallest absolute Gasteiger partial charge is 0.124 e. The van der Waals surface area contributed by atoms with Gasteiger partial charge < -0.3 is 4.55 Å². The Morgan fingerprint density at radius 2 is 1.44 bits per heavy atom. The standard InChI is InChI=1S/C12H10N2O3S/c15-18(16,17)12-8-4-7-11(9-12)14-13-10-5-2-1-3-6-10/h1-9H,(H,15,16,17)/p-1. The molecule has 2 rings (SSSR count). The number of hydrogen-bond donors (Lipinski definition) is 0. The molecule has 0 saturated heterocycles. The van der Waals surface area contributed by atoms with E-state index in [1.165, 1.54) is 18.2 Å². The van der Waals surface area contributed by atoms with Gasteiger partial charge in [-0.05, 0) is 30.3 Å². The molecule has 0 atom stereocenters. The van der Waals surface area contributed by atoms with Crippen molar-refractivity contribution in [3.63, 3.8) is 0 Å². The molecule has 2 aromatic carbocycles. The first-order chi connectivity index (χ1) is 8.55. The summed E-state index contributed by atoms with van der Waals surface area (Å²) >= 11 is 0. The molecule has 0 radical (unpaired) electrons. The van der Waals surface area contributed by atoms with Gasteiger partial charge in [-0.2, -0.15) is 10.2 Å². The van der Waals surface area contributed by atoms with E-state index in [4.69, 9.17) is 0 Å². The molecule has 0 amide bonds. The van der Waals surface area contributed by atoms with Gasteiger partial charge in [0.25, 0.3) is 0 Å². The van der Waals surface area contributed by atoms with E-state index in [1.54, 1.807) is 18.2 Å². The van der Waals surface area contributed by atoms with Crippen LogP contribution in [0.5, 0.6) is 0 Å². The summed E-state index contributed by atoms with van der Waals surface area (Å²) in [6.45, 7) is 0. The first-order valence-electron chi connectivity index (χ1n) is 5.08. The Hall–Kier alpha value is -2.05. The summed E-state index contributed by atoms with van der Waals surface area (Å²) in [5, 5.41) is 7.80. The number of benzene rings is 2. The van der Waals surface area contributed by atoms with Gasteiger partial charge in [0, 0.05) is 0 Å². The minimum atomic E-state index is -4.46. The second kappa shape index (κ2) is 5.07. The number of rotatable bonds is 3. The summed E-state index contributed by atoms with van der Waals surface area (Å²) in [5.41, 5.74) is 0.962. The predicted octanol–water partition coefficient (Wildman–Crippen LogP) is 3.01. The fraction of sp³-hybridized carbons (Fsp3) is 0. The minimum Gasteiger partial charge on any atom is -0.744 e. The molecule has 18 heavy (non-hydrogen) atoms. The Kier molecular flexibility index (Phi) is 3.50. The highest BCUT2D eigenvalue weighted by molar-refractivity contribution is 7.85. The van der Waals surface area contributed by atoms with Crippen molar-refractivity contribution in [2.75, 3.05) is 0 Å². The van der Waals surface area contributed by atoms with Gasteiger partial charge in [-0.15, -0.1) is 0 Å². The Bertz CT molecular complexity index is 667. The molecule has 0 unspecified atom stereocenters. The fourth-order valence-electron chi connectivity index (χ4n) is 1.31. The molecule has 0 N–H and O–H groups in total. The Morgan fingerprint density at radius 3 is 2.11 bits per heavy atom. The topological polar surface area (TPSA) is 81.9 Å². The lowest BCUT2D eigenvalue weighted by Crippen LogP contribution is -1.97. The highest BCUT2D eigenvalue weighted by atomic mass is 32.2. The lowest BCUT2D eigenvalue weighted by molar-refractivity contribution is 0.463. The number of azo groups is 1. The molecule has 0 fully saturated rings. The largest absolute Gasteiger partial charge is 0.744 e. The van der Waals surface area contributed by atoms with E-state index < -0.39 is 10.1 Å². The predicted molar refractivity (Wildman–Crippen MR) is 65.0 cm³/mol. The van der Waals surface area contributed by atoms with Gasteiger partial charge in [0.2, 0.25) is 0 Å². The second-order valence-electron chi connectivity index (χ2n) is 3.49. The molecule has 0 aromatic heterocycles. The van der Waals surface area contributed by atoms with E-state index in [0.29, 0.717) is 11.4 Å². The molecule has 0 bridgehead atoms.